The van der Waals surface area contributed by atoms with Gasteiger partial charge in [0.15, 0.2) is 17.3 Å². The van der Waals surface area contributed by atoms with Crippen molar-refractivity contribution in [1.29, 1.82) is 0 Å². The molecule has 2 aromatic rings. The SMILES string of the molecule is CCN(CC)C1=NC2=C(c3cccc(OC)c3F)C(=O)c3ccccc3C2=N1. The van der Waals surface area contributed by atoms with Crippen LogP contribution in [0.15, 0.2) is 58.1 Å². The van der Waals surface area contributed by atoms with Gasteiger partial charge in [-0.1, -0.05) is 36.4 Å². The van der Waals surface area contributed by atoms with Gasteiger partial charge in [0.1, 0.15) is 11.4 Å². The van der Waals surface area contributed by atoms with Crippen molar-refractivity contribution in [3.8, 4) is 5.75 Å². The highest BCUT2D eigenvalue weighted by Gasteiger charge is 2.36. The van der Waals surface area contributed by atoms with Crippen LogP contribution in [0.3, 0.4) is 0 Å². The molecule has 2 aromatic carbocycles. The molecule has 1 aliphatic heterocycles. The van der Waals surface area contributed by atoms with Crippen LogP contribution in [0, 0.1) is 5.82 Å². The maximum atomic E-state index is 15.0. The lowest BCUT2D eigenvalue weighted by Gasteiger charge is -2.20. The van der Waals surface area contributed by atoms with Gasteiger partial charge in [-0.2, -0.15) is 0 Å². The Morgan fingerprint density at radius 2 is 1.64 bits per heavy atom. The van der Waals surface area contributed by atoms with Gasteiger partial charge in [-0.25, -0.2) is 14.4 Å². The van der Waals surface area contributed by atoms with Gasteiger partial charge in [0.05, 0.1) is 12.7 Å². The molecule has 0 radical (unpaired) electrons. The summed E-state index contributed by atoms with van der Waals surface area (Å²) in [6, 6.07) is 12.0. The predicted octanol–water partition coefficient (Wildman–Crippen LogP) is 3.94. The Bertz CT molecular complexity index is 1070. The maximum absolute atomic E-state index is 15.0. The van der Waals surface area contributed by atoms with E-state index in [0.29, 0.717) is 22.9 Å². The monoisotopic (exact) mass is 377 g/mol. The van der Waals surface area contributed by atoms with Crippen molar-refractivity contribution in [3.63, 3.8) is 0 Å². The van der Waals surface area contributed by atoms with Gasteiger partial charge in [-0.15, -0.1) is 0 Å². The molecule has 0 saturated carbocycles. The largest absolute Gasteiger partial charge is 0.494 e. The fourth-order valence-electron chi connectivity index (χ4n) is 3.58. The first-order valence-electron chi connectivity index (χ1n) is 9.24. The fraction of sp³-hybridized carbons (Fsp3) is 0.227. The highest BCUT2D eigenvalue weighted by Crippen LogP contribution is 2.38. The summed E-state index contributed by atoms with van der Waals surface area (Å²) in [6.07, 6.45) is 0. The molecule has 0 aromatic heterocycles. The number of benzene rings is 2. The number of halogens is 1. The smallest absolute Gasteiger partial charge is 0.226 e. The number of nitrogens with zero attached hydrogens (tertiary/aromatic N) is 3. The van der Waals surface area contributed by atoms with Crippen LogP contribution in [-0.2, 0) is 0 Å². The summed E-state index contributed by atoms with van der Waals surface area (Å²) in [5.74, 6) is -0.214. The Morgan fingerprint density at radius 1 is 0.964 bits per heavy atom. The number of ketones is 1. The molecule has 0 N–H and O–H groups in total. The number of methoxy groups -OCH3 is 1. The Balaban J connectivity index is 2.00. The second-order valence-corrected chi connectivity index (χ2v) is 6.46. The molecule has 0 bridgehead atoms. The molecule has 0 amide bonds. The summed E-state index contributed by atoms with van der Waals surface area (Å²) in [5.41, 5.74) is 2.63. The first-order chi connectivity index (χ1) is 13.6. The molecule has 0 atom stereocenters. The summed E-state index contributed by atoms with van der Waals surface area (Å²) >= 11 is 0. The average Bonchev–Trinajstić information content (AvgIpc) is 3.15. The molecular formula is C22H20FN3O2. The van der Waals surface area contributed by atoms with Gasteiger partial charge in [-0.3, -0.25) is 4.79 Å². The van der Waals surface area contributed by atoms with Gasteiger partial charge >= 0.3 is 0 Å². The van der Waals surface area contributed by atoms with E-state index in [2.05, 4.69) is 4.99 Å². The number of aliphatic imine (C=N–C) groups is 2. The Morgan fingerprint density at radius 3 is 2.32 bits per heavy atom. The molecule has 0 saturated heterocycles. The van der Waals surface area contributed by atoms with E-state index in [1.54, 1.807) is 24.3 Å². The van der Waals surface area contributed by atoms with E-state index in [1.807, 2.05) is 30.9 Å². The van der Waals surface area contributed by atoms with E-state index >= 15 is 4.39 Å². The summed E-state index contributed by atoms with van der Waals surface area (Å²) in [5, 5.41) is 0. The molecule has 0 unspecified atom stereocenters. The first kappa shape index (κ1) is 18.1. The topological polar surface area (TPSA) is 54.3 Å². The predicted molar refractivity (Wildman–Crippen MR) is 108 cm³/mol. The van der Waals surface area contributed by atoms with Crippen LogP contribution in [-0.4, -0.2) is 42.6 Å². The van der Waals surface area contributed by atoms with Gasteiger partial charge < -0.3 is 9.64 Å². The Hall–Kier alpha value is -3.28. The number of carbonyl (C=O) groups excluding carboxylic acids is 1. The molecule has 0 spiro atoms. The second kappa shape index (κ2) is 7.03. The van der Waals surface area contributed by atoms with Gasteiger partial charge in [-0.05, 0) is 19.9 Å². The minimum absolute atomic E-state index is 0.0849. The van der Waals surface area contributed by atoms with Crippen molar-refractivity contribution < 1.29 is 13.9 Å². The van der Waals surface area contributed by atoms with Gasteiger partial charge in [0.2, 0.25) is 5.96 Å². The lowest BCUT2D eigenvalue weighted by molar-refractivity contribution is 0.105. The number of rotatable bonds is 4. The van der Waals surface area contributed by atoms with Crippen LogP contribution in [0.5, 0.6) is 5.75 Å². The molecule has 0 fully saturated rings. The zero-order valence-electron chi connectivity index (χ0n) is 16.0. The molecule has 142 valence electrons. The molecule has 28 heavy (non-hydrogen) atoms. The number of hydrogen-bond acceptors (Lipinski definition) is 5. The van der Waals surface area contributed by atoms with Crippen molar-refractivity contribution in [2.45, 2.75) is 13.8 Å². The molecule has 1 heterocycles. The Kier molecular flexibility index (Phi) is 4.55. The van der Waals surface area contributed by atoms with E-state index in [4.69, 9.17) is 9.73 Å². The van der Waals surface area contributed by atoms with E-state index in [1.165, 1.54) is 13.2 Å². The van der Waals surface area contributed by atoms with Gasteiger partial charge in [0.25, 0.3) is 0 Å². The zero-order chi connectivity index (χ0) is 19.8. The maximum Gasteiger partial charge on any atom is 0.226 e. The lowest BCUT2D eigenvalue weighted by Crippen LogP contribution is -2.28. The summed E-state index contributed by atoms with van der Waals surface area (Å²) in [4.78, 5) is 24.7. The van der Waals surface area contributed by atoms with Crippen LogP contribution in [0.2, 0.25) is 0 Å². The average molecular weight is 377 g/mol. The lowest BCUT2D eigenvalue weighted by atomic mass is 9.83. The number of fused-ring (bicyclic) bond motifs is 3. The number of Topliss-reactive ketones (excluding diaryl/α,β-unsaturated/α-hetero) is 1. The Labute approximate surface area is 162 Å². The van der Waals surface area contributed by atoms with Crippen LogP contribution < -0.4 is 4.74 Å². The van der Waals surface area contributed by atoms with Crippen molar-refractivity contribution in [2.24, 2.45) is 9.98 Å². The quantitative estimate of drug-likeness (QED) is 0.811. The third kappa shape index (κ3) is 2.64. The number of allylic oxidation sites excluding steroid dienone is 2. The van der Waals surface area contributed by atoms with Crippen LogP contribution in [0.4, 0.5) is 4.39 Å². The highest BCUT2D eigenvalue weighted by molar-refractivity contribution is 6.43. The van der Waals surface area contributed by atoms with E-state index < -0.39 is 5.82 Å². The van der Waals surface area contributed by atoms with E-state index in [9.17, 15) is 4.79 Å². The number of guanidine groups is 1. The zero-order valence-corrected chi connectivity index (χ0v) is 16.0. The summed E-state index contributed by atoms with van der Waals surface area (Å²) < 4.78 is 20.1. The van der Waals surface area contributed by atoms with Gasteiger partial charge in [0, 0.05) is 29.8 Å². The molecule has 1 aliphatic carbocycles. The minimum atomic E-state index is -0.578. The molecule has 5 nitrogen and oxygen atoms in total. The first-order valence-corrected chi connectivity index (χ1v) is 9.24. The van der Waals surface area contributed by atoms with Crippen LogP contribution in [0.25, 0.3) is 5.57 Å². The standard InChI is InChI=1S/C22H20FN3O2/c1-4-26(5-2)22-24-19-13-9-6-7-10-14(13)21(27)17(20(19)25-22)15-11-8-12-16(28-3)18(15)23/h6-12H,4-5H2,1-3H3. The van der Waals surface area contributed by atoms with Crippen molar-refractivity contribution in [1.82, 2.24) is 4.90 Å². The molecular weight excluding hydrogens is 357 g/mol. The van der Waals surface area contributed by atoms with Crippen LogP contribution in [0.1, 0.15) is 35.3 Å². The molecule has 2 aliphatic rings. The third-order valence-electron chi connectivity index (χ3n) is 5.04. The van der Waals surface area contributed by atoms with Crippen molar-refractivity contribution in [3.05, 3.63) is 70.7 Å². The summed E-state index contributed by atoms with van der Waals surface area (Å²) in [6.45, 7) is 5.50. The van der Waals surface area contributed by atoms with Crippen molar-refractivity contribution >= 4 is 23.0 Å². The number of carbonyl (C=O) groups is 1. The van der Waals surface area contributed by atoms with Crippen LogP contribution >= 0.6 is 0 Å². The number of ether oxygens (including phenoxy) is 1. The third-order valence-corrected chi connectivity index (χ3v) is 5.04. The molecule has 4 rings (SSSR count). The normalized spacial score (nSPS) is 15.1. The highest BCUT2D eigenvalue weighted by atomic mass is 19.1. The van der Waals surface area contributed by atoms with E-state index in [0.717, 1.165) is 18.7 Å². The molecule has 6 heteroatoms. The second-order valence-electron chi connectivity index (χ2n) is 6.46. The summed E-state index contributed by atoms with van der Waals surface area (Å²) in [7, 11) is 1.40. The fourth-order valence-corrected chi connectivity index (χ4v) is 3.58. The van der Waals surface area contributed by atoms with E-state index in [-0.39, 0.29) is 22.7 Å². The van der Waals surface area contributed by atoms with Crippen molar-refractivity contribution in [2.75, 3.05) is 20.2 Å². The minimum Gasteiger partial charge on any atom is -0.494 e. The number of hydrogen-bond donors (Lipinski definition) is 0.